The average molecular weight is 355 g/mol. The molecule has 0 aliphatic rings. The third kappa shape index (κ3) is 5.61. The van der Waals surface area contributed by atoms with Gasteiger partial charge < -0.3 is 10.6 Å². The third-order valence-corrected chi connectivity index (χ3v) is 5.46. The molecule has 0 aromatic heterocycles. The minimum absolute atomic E-state index is 0.0365. The second kappa shape index (κ2) is 8.25. The molecule has 0 spiro atoms. The second-order valence-electron chi connectivity index (χ2n) is 6.07. The number of likely N-dealkylation sites (N-methyl/N-ethyl adjacent to an activating group) is 1. The van der Waals surface area contributed by atoms with Gasteiger partial charge in [-0.15, -0.1) is 0 Å². The summed E-state index contributed by atoms with van der Waals surface area (Å²) in [5, 5.41) is 5.34. The van der Waals surface area contributed by atoms with Crippen LogP contribution in [-0.2, 0) is 19.6 Å². The molecule has 0 heterocycles. The standard InChI is InChI=1S/C16H25N3O4S/c1-11(2)12(3)17-16(21)10-19(5)24(22,23)15-8-6-14(7-9-15)18-13(4)20/h6-9,11-12H,10H2,1-5H3,(H,17,21)(H,18,20). The number of carbonyl (C=O) groups is 2. The second-order valence-corrected chi connectivity index (χ2v) is 8.11. The molecule has 1 unspecified atom stereocenters. The molecule has 134 valence electrons. The van der Waals surface area contributed by atoms with Crippen LogP contribution in [0.25, 0.3) is 0 Å². The molecule has 1 aromatic rings. The van der Waals surface area contributed by atoms with Gasteiger partial charge in [0.1, 0.15) is 0 Å². The molecule has 0 saturated carbocycles. The SMILES string of the molecule is CC(=O)Nc1ccc(S(=O)(=O)N(C)CC(=O)NC(C)C(C)C)cc1. The number of amides is 2. The predicted molar refractivity (Wildman–Crippen MR) is 93.0 cm³/mol. The molecular weight excluding hydrogens is 330 g/mol. The van der Waals surface area contributed by atoms with Crippen molar-refractivity contribution in [2.24, 2.45) is 5.92 Å². The fourth-order valence-corrected chi connectivity index (χ4v) is 2.97. The van der Waals surface area contributed by atoms with E-state index < -0.39 is 10.0 Å². The lowest BCUT2D eigenvalue weighted by molar-refractivity contribution is -0.122. The van der Waals surface area contributed by atoms with Gasteiger partial charge in [0, 0.05) is 25.7 Å². The summed E-state index contributed by atoms with van der Waals surface area (Å²) in [6.45, 7) is 6.93. The molecule has 8 heteroatoms. The molecule has 1 atom stereocenters. The zero-order chi connectivity index (χ0) is 18.5. The first kappa shape index (κ1) is 20.1. The molecule has 7 nitrogen and oxygen atoms in total. The Bertz CT molecular complexity index is 684. The number of carbonyl (C=O) groups excluding carboxylic acids is 2. The van der Waals surface area contributed by atoms with Crippen molar-refractivity contribution < 1.29 is 18.0 Å². The van der Waals surface area contributed by atoms with Crippen LogP contribution in [-0.4, -0.2) is 44.2 Å². The maximum atomic E-state index is 12.5. The Morgan fingerprint density at radius 3 is 2.12 bits per heavy atom. The van der Waals surface area contributed by atoms with Gasteiger partial charge in [0.2, 0.25) is 21.8 Å². The fourth-order valence-electron chi connectivity index (χ4n) is 1.85. The normalized spacial score (nSPS) is 13.0. The van der Waals surface area contributed by atoms with Crippen LogP contribution in [0.3, 0.4) is 0 Å². The van der Waals surface area contributed by atoms with Crippen LogP contribution in [0.1, 0.15) is 27.7 Å². The molecule has 0 aliphatic carbocycles. The highest BCUT2D eigenvalue weighted by atomic mass is 32.2. The van der Waals surface area contributed by atoms with E-state index in [1.165, 1.54) is 38.2 Å². The van der Waals surface area contributed by atoms with E-state index in [0.717, 1.165) is 4.31 Å². The first-order valence-electron chi connectivity index (χ1n) is 7.67. The quantitative estimate of drug-likeness (QED) is 0.773. The number of nitrogens with one attached hydrogen (secondary N) is 2. The Morgan fingerprint density at radius 1 is 1.12 bits per heavy atom. The van der Waals surface area contributed by atoms with Crippen molar-refractivity contribution in [3.63, 3.8) is 0 Å². The molecular formula is C16H25N3O4S. The maximum Gasteiger partial charge on any atom is 0.243 e. The summed E-state index contributed by atoms with van der Waals surface area (Å²) in [7, 11) is -2.42. The topological polar surface area (TPSA) is 95.6 Å². The Kier molecular flexibility index (Phi) is 6.92. The zero-order valence-corrected chi connectivity index (χ0v) is 15.5. The highest BCUT2D eigenvalue weighted by Crippen LogP contribution is 2.17. The van der Waals surface area contributed by atoms with E-state index in [4.69, 9.17) is 0 Å². The van der Waals surface area contributed by atoms with Gasteiger partial charge in [0.15, 0.2) is 0 Å². The van der Waals surface area contributed by atoms with Crippen LogP contribution in [0, 0.1) is 5.92 Å². The van der Waals surface area contributed by atoms with Crippen LogP contribution < -0.4 is 10.6 Å². The minimum Gasteiger partial charge on any atom is -0.352 e. The van der Waals surface area contributed by atoms with Gasteiger partial charge in [0.25, 0.3) is 0 Å². The number of nitrogens with zero attached hydrogens (tertiary/aromatic N) is 1. The lowest BCUT2D eigenvalue weighted by atomic mass is 10.1. The summed E-state index contributed by atoms with van der Waals surface area (Å²) in [5.74, 6) is -0.326. The predicted octanol–water partition coefficient (Wildman–Crippen LogP) is 1.43. The van der Waals surface area contributed by atoms with E-state index in [9.17, 15) is 18.0 Å². The van der Waals surface area contributed by atoms with Crippen molar-refractivity contribution in [2.45, 2.75) is 38.6 Å². The van der Waals surface area contributed by atoms with Crippen LogP contribution >= 0.6 is 0 Å². The molecule has 0 fully saturated rings. The average Bonchev–Trinajstić information content (AvgIpc) is 2.46. The summed E-state index contributed by atoms with van der Waals surface area (Å²) < 4.78 is 26.0. The van der Waals surface area contributed by atoms with Crippen molar-refractivity contribution in [1.82, 2.24) is 9.62 Å². The molecule has 0 aliphatic heterocycles. The van der Waals surface area contributed by atoms with Gasteiger partial charge in [-0.25, -0.2) is 8.42 Å². The molecule has 0 radical (unpaired) electrons. The molecule has 0 saturated heterocycles. The van der Waals surface area contributed by atoms with Crippen LogP contribution in [0.2, 0.25) is 0 Å². The summed E-state index contributed by atoms with van der Waals surface area (Å²) in [6.07, 6.45) is 0. The molecule has 2 N–H and O–H groups in total. The van der Waals surface area contributed by atoms with Crippen molar-refractivity contribution in [2.75, 3.05) is 18.9 Å². The summed E-state index contributed by atoms with van der Waals surface area (Å²) in [6, 6.07) is 5.76. The summed E-state index contributed by atoms with van der Waals surface area (Å²) in [5.41, 5.74) is 0.507. The van der Waals surface area contributed by atoms with Crippen LogP contribution in [0.15, 0.2) is 29.2 Å². The maximum absolute atomic E-state index is 12.5. The number of sulfonamides is 1. The number of benzene rings is 1. The molecule has 1 aromatic carbocycles. The smallest absolute Gasteiger partial charge is 0.243 e. The van der Waals surface area contributed by atoms with E-state index in [2.05, 4.69) is 10.6 Å². The summed E-state index contributed by atoms with van der Waals surface area (Å²) >= 11 is 0. The number of anilines is 1. The highest BCUT2D eigenvalue weighted by Gasteiger charge is 2.23. The largest absolute Gasteiger partial charge is 0.352 e. The van der Waals surface area contributed by atoms with Crippen molar-refractivity contribution in [3.05, 3.63) is 24.3 Å². The number of hydrogen-bond donors (Lipinski definition) is 2. The molecule has 24 heavy (non-hydrogen) atoms. The van der Waals surface area contributed by atoms with E-state index >= 15 is 0 Å². The van der Waals surface area contributed by atoms with Gasteiger partial charge in [-0.1, -0.05) is 13.8 Å². The minimum atomic E-state index is -3.78. The first-order chi connectivity index (χ1) is 11.0. The van der Waals surface area contributed by atoms with Gasteiger partial charge in [0.05, 0.1) is 11.4 Å². The lowest BCUT2D eigenvalue weighted by Gasteiger charge is -2.21. The first-order valence-corrected chi connectivity index (χ1v) is 9.11. The van der Waals surface area contributed by atoms with Crippen LogP contribution in [0.4, 0.5) is 5.69 Å². The Hall–Kier alpha value is -1.93. The Morgan fingerprint density at radius 2 is 1.67 bits per heavy atom. The van der Waals surface area contributed by atoms with Crippen LogP contribution in [0.5, 0.6) is 0 Å². The van der Waals surface area contributed by atoms with Gasteiger partial charge in [-0.3, -0.25) is 9.59 Å². The Balaban J connectivity index is 2.79. The fraction of sp³-hybridized carbons (Fsp3) is 0.500. The lowest BCUT2D eigenvalue weighted by Crippen LogP contribution is -2.43. The van der Waals surface area contributed by atoms with E-state index in [1.54, 1.807) is 0 Å². The van der Waals surface area contributed by atoms with Crippen molar-refractivity contribution >= 4 is 27.5 Å². The zero-order valence-electron chi connectivity index (χ0n) is 14.7. The van der Waals surface area contributed by atoms with Gasteiger partial charge >= 0.3 is 0 Å². The van der Waals surface area contributed by atoms with E-state index in [0.29, 0.717) is 5.69 Å². The molecule has 0 bridgehead atoms. The molecule has 2 amide bonds. The number of rotatable bonds is 7. The van der Waals surface area contributed by atoms with Crippen molar-refractivity contribution in [3.8, 4) is 0 Å². The molecule has 1 rings (SSSR count). The van der Waals surface area contributed by atoms with Crippen molar-refractivity contribution in [1.29, 1.82) is 0 Å². The highest BCUT2D eigenvalue weighted by molar-refractivity contribution is 7.89. The van der Waals surface area contributed by atoms with Gasteiger partial charge in [-0.05, 0) is 37.1 Å². The third-order valence-electron chi connectivity index (χ3n) is 3.64. The van der Waals surface area contributed by atoms with E-state index in [1.807, 2.05) is 20.8 Å². The Labute approximate surface area is 143 Å². The summed E-state index contributed by atoms with van der Waals surface area (Å²) in [4.78, 5) is 23.0. The number of hydrogen-bond acceptors (Lipinski definition) is 4. The monoisotopic (exact) mass is 355 g/mol. The van der Waals surface area contributed by atoms with Gasteiger partial charge in [-0.2, -0.15) is 4.31 Å². The van der Waals surface area contributed by atoms with E-state index in [-0.39, 0.29) is 35.2 Å².